The number of methoxy groups -OCH3 is 1. The van der Waals surface area contributed by atoms with E-state index >= 15 is 0 Å². The van der Waals surface area contributed by atoms with Crippen LogP contribution in [-0.2, 0) is 11.3 Å². The van der Waals surface area contributed by atoms with Gasteiger partial charge in [0.1, 0.15) is 12.0 Å². The molecular formula is C16H25NO4S. The normalized spacial score (nSPS) is 13.6. The van der Waals surface area contributed by atoms with Crippen molar-refractivity contribution >= 4 is 11.8 Å². The van der Waals surface area contributed by atoms with E-state index in [1.807, 2.05) is 6.26 Å². The largest absolute Gasteiger partial charge is 0.467 e. The lowest BCUT2D eigenvalue weighted by molar-refractivity contribution is 0.0458. The molecule has 1 aromatic carbocycles. The molecule has 0 saturated heterocycles. The van der Waals surface area contributed by atoms with Gasteiger partial charge in [0.2, 0.25) is 0 Å². The average molecular weight is 327 g/mol. The maximum absolute atomic E-state index is 10.5. The smallest absolute Gasteiger partial charge is 0.188 e. The molecule has 0 heterocycles. The maximum atomic E-state index is 10.5. The molecule has 0 aliphatic carbocycles. The van der Waals surface area contributed by atoms with Crippen LogP contribution < -0.4 is 10.1 Å². The van der Waals surface area contributed by atoms with Gasteiger partial charge in [-0.05, 0) is 30.1 Å². The number of nitrogens with one attached hydrogen (secondary N) is 1. The van der Waals surface area contributed by atoms with Crippen LogP contribution in [0.3, 0.4) is 0 Å². The zero-order valence-electron chi connectivity index (χ0n) is 13.1. The molecule has 0 amide bonds. The lowest BCUT2D eigenvalue weighted by Gasteiger charge is -2.23. The van der Waals surface area contributed by atoms with Crippen molar-refractivity contribution in [2.24, 2.45) is 0 Å². The van der Waals surface area contributed by atoms with Gasteiger partial charge in [-0.2, -0.15) is 11.8 Å². The predicted octanol–water partition coefficient (Wildman–Crippen LogP) is 2.05. The third-order valence-corrected chi connectivity index (χ3v) is 3.87. The number of hydrogen-bond acceptors (Lipinski definition) is 6. The molecule has 2 atom stereocenters. The van der Waals surface area contributed by atoms with Gasteiger partial charge in [0, 0.05) is 18.7 Å². The highest BCUT2D eigenvalue weighted by atomic mass is 32.2. The molecule has 0 bridgehead atoms. The quantitative estimate of drug-likeness (QED) is 0.427. The first kappa shape index (κ1) is 19.0. The highest BCUT2D eigenvalue weighted by Crippen LogP contribution is 2.28. The van der Waals surface area contributed by atoms with Gasteiger partial charge in [-0.1, -0.05) is 18.2 Å². The number of rotatable bonds is 11. The lowest BCUT2D eigenvalue weighted by atomic mass is 10.0. The van der Waals surface area contributed by atoms with Crippen molar-refractivity contribution in [3.05, 3.63) is 42.0 Å². The van der Waals surface area contributed by atoms with E-state index in [4.69, 9.17) is 9.47 Å². The average Bonchev–Trinajstić information content (AvgIpc) is 2.55. The molecule has 22 heavy (non-hydrogen) atoms. The van der Waals surface area contributed by atoms with E-state index in [0.717, 1.165) is 12.2 Å². The summed E-state index contributed by atoms with van der Waals surface area (Å²) in [5.41, 5.74) is 1.14. The Morgan fingerprint density at radius 2 is 2.23 bits per heavy atom. The summed E-state index contributed by atoms with van der Waals surface area (Å²) in [6.45, 7) is 3.69. The summed E-state index contributed by atoms with van der Waals surface area (Å²) in [5.74, 6) is 1.45. The van der Waals surface area contributed by atoms with Crippen molar-refractivity contribution in [1.82, 2.24) is 5.32 Å². The molecule has 0 aliphatic heterocycles. The molecule has 0 saturated carbocycles. The zero-order chi connectivity index (χ0) is 16.4. The Balaban J connectivity index is 2.93. The third-order valence-electron chi connectivity index (χ3n) is 3.22. The van der Waals surface area contributed by atoms with Gasteiger partial charge in [0.15, 0.2) is 6.79 Å². The summed E-state index contributed by atoms with van der Waals surface area (Å²) in [7, 11) is 1.53. The fraction of sp³-hybridized carbons (Fsp3) is 0.500. The molecule has 3 N–H and O–H groups in total. The van der Waals surface area contributed by atoms with Crippen LogP contribution in [0.5, 0.6) is 5.75 Å². The van der Waals surface area contributed by atoms with E-state index in [2.05, 4.69) is 11.9 Å². The second kappa shape index (κ2) is 10.6. The molecule has 0 spiro atoms. The lowest BCUT2D eigenvalue weighted by Crippen LogP contribution is -2.32. The van der Waals surface area contributed by atoms with Crippen LogP contribution in [0, 0.1) is 0 Å². The maximum Gasteiger partial charge on any atom is 0.188 e. The van der Waals surface area contributed by atoms with Gasteiger partial charge in [-0.3, -0.25) is 5.32 Å². The van der Waals surface area contributed by atoms with E-state index in [0.29, 0.717) is 16.9 Å². The van der Waals surface area contributed by atoms with Gasteiger partial charge in [-0.15, -0.1) is 6.58 Å². The molecule has 0 fully saturated rings. The van der Waals surface area contributed by atoms with Crippen molar-refractivity contribution in [2.75, 3.05) is 25.9 Å². The van der Waals surface area contributed by atoms with Crippen LogP contribution in [0.1, 0.15) is 23.8 Å². The Morgan fingerprint density at radius 1 is 1.45 bits per heavy atom. The first-order chi connectivity index (χ1) is 10.7. The van der Waals surface area contributed by atoms with Crippen LogP contribution in [0.4, 0.5) is 0 Å². The Hall–Kier alpha value is -1.05. The number of thioether (sulfide) groups is 1. The predicted molar refractivity (Wildman–Crippen MR) is 89.9 cm³/mol. The molecule has 1 rings (SSSR count). The van der Waals surface area contributed by atoms with Gasteiger partial charge < -0.3 is 19.7 Å². The highest BCUT2D eigenvalue weighted by Gasteiger charge is 2.20. The van der Waals surface area contributed by atoms with Gasteiger partial charge in [0.25, 0.3) is 0 Å². The van der Waals surface area contributed by atoms with E-state index in [1.165, 1.54) is 7.11 Å². The van der Waals surface area contributed by atoms with Crippen LogP contribution in [0.15, 0.2) is 30.9 Å². The summed E-state index contributed by atoms with van der Waals surface area (Å²) in [6, 6.07) is 5.24. The Morgan fingerprint density at radius 3 is 2.82 bits per heavy atom. The molecule has 0 aromatic heterocycles. The second-order valence-electron chi connectivity index (χ2n) is 4.73. The molecule has 5 nitrogen and oxygen atoms in total. The Labute approximate surface area is 136 Å². The van der Waals surface area contributed by atoms with Crippen molar-refractivity contribution < 1.29 is 19.7 Å². The first-order valence-corrected chi connectivity index (χ1v) is 8.47. The van der Waals surface area contributed by atoms with Crippen LogP contribution >= 0.6 is 11.8 Å². The van der Waals surface area contributed by atoms with Crippen molar-refractivity contribution in [1.29, 1.82) is 0 Å². The van der Waals surface area contributed by atoms with Crippen LogP contribution in [0.2, 0.25) is 0 Å². The summed E-state index contributed by atoms with van der Waals surface area (Å²) in [5, 5.41) is 23.1. The van der Waals surface area contributed by atoms with Crippen molar-refractivity contribution in [3.63, 3.8) is 0 Å². The van der Waals surface area contributed by atoms with Crippen molar-refractivity contribution in [3.8, 4) is 5.75 Å². The van der Waals surface area contributed by atoms with Gasteiger partial charge in [0.05, 0.1) is 6.61 Å². The van der Waals surface area contributed by atoms with Gasteiger partial charge >= 0.3 is 0 Å². The minimum Gasteiger partial charge on any atom is -0.467 e. The fourth-order valence-electron chi connectivity index (χ4n) is 2.09. The molecule has 124 valence electrons. The molecule has 1 aromatic rings. The number of ether oxygens (including phenoxy) is 2. The SMILES string of the molecule is C=C[C@H](CCSC)NC(O)c1c(CO)cccc1OCOC. The third kappa shape index (κ3) is 5.62. The van der Waals surface area contributed by atoms with E-state index in [-0.39, 0.29) is 19.4 Å². The van der Waals surface area contributed by atoms with Gasteiger partial charge in [-0.25, -0.2) is 0 Å². The Kier molecular flexibility index (Phi) is 9.19. The fourth-order valence-corrected chi connectivity index (χ4v) is 2.58. The van der Waals surface area contributed by atoms with E-state index in [1.54, 1.807) is 36.0 Å². The van der Waals surface area contributed by atoms with Crippen LogP contribution in [0.25, 0.3) is 0 Å². The number of hydrogen-bond donors (Lipinski definition) is 3. The summed E-state index contributed by atoms with van der Waals surface area (Å²) < 4.78 is 10.4. The first-order valence-electron chi connectivity index (χ1n) is 7.07. The molecular weight excluding hydrogens is 302 g/mol. The van der Waals surface area contributed by atoms with Crippen molar-refractivity contribution in [2.45, 2.75) is 25.3 Å². The topological polar surface area (TPSA) is 71.0 Å². The molecule has 0 aliphatic rings. The van der Waals surface area contributed by atoms with E-state index < -0.39 is 6.23 Å². The Bertz CT molecular complexity index is 456. The molecule has 6 heteroatoms. The standard InChI is InChI=1S/C16H25NO4S/c1-4-13(8-9-22-3)17-16(19)15-12(10-18)6-5-7-14(15)21-11-20-2/h4-7,13,16-19H,1,8-11H2,2-3H3/t13-,16?/m1/s1. The molecule has 0 radical (unpaired) electrons. The highest BCUT2D eigenvalue weighted by molar-refractivity contribution is 7.98. The molecule has 1 unspecified atom stereocenters. The summed E-state index contributed by atoms with van der Waals surface area (Å²) in [4.78, 5) is 0. The zero-order valence-corrected chi connectivity index (χ0v) is 13.9. The van der Waals surface area contributed by atoms with Crippen LogP contribution in [-0.4, -0.2) is 42.2 Å². The minimum atomic E-state index is -0.958. The second-order valence-corrected chi connectivity index (χ2v) is 5.72. The van der Waals surface area contributed by atoms with E-state index in [9.17, 15) is 10.2 Å². The summed E-state index contributed by atoms with van der Waals surface area (Å²) in [6.07, 6.45) is 3.71. The number of aliphatic hydroxyl groups is 2. The minimum absolute atomic E-state index is 0.0236. The monoisotopic (exact) mass is 327 g/mol. The summed E-state index contributed by atoms with van der Waals surface area (Å²) >= 11 is 1.74. The number of benzene rings is 1. The number of aliphatic hydroxyl groups excluding tert-OH is 2.